The van der Waals surface area contributed by atoms with Crippen LogP contribution in [-0.2, 0) is 27.3 Å². The van der Waals surface area contributed by atoms with Crippen LogP contribution in [0, 0.1) is 0 Å². The minimum Gasteiger partial charge on any atom is -0.493 e. The van der Waals surface area contributed by atoms with Crippen molar-refractivity contribution in [2.75, 3.05) is 27.3 Å². The molecule has 10 nitrogen and oxygen atoms in total. The maximum Gasteiger partial charge on any atom is 0.289 e. The fraction of sp³-hybridized carbons (Fsp3) is 0.414. The van der Waals surface area contributed by atoms with Crippen molar-refractivity contribution in [1.29, 1.82) is 0 Å². The Kier molecular flexibility index (Phi) is 10.6. The van der Waals surface area contributed by atoms with Crippen LogP contribution < -0.4 is 20.1 Å². The number of amides is 3. The van der Waals surface area contributed by atoms with E-state index in [-0.39, 0.29) is 19.0 Å². The summed E-state index contributed by atoms with van der Waals surface area (Å²) in [5.74, 6) is -1.16. The van der Waals surface area contributed by atoms with E-state index in [2.05, 4.69) is 15.6 Å². The number of ether oxygens (including phenoxy) is 2. The highest BCUT2D eigenvalue weighted by atomic mass is 16.5. The molecule has 39 heavy (non-hydrogen) atoms. The van der Waals surface area contributed by atoms with Gasteiger partial charge in [0.05, 0.1) is 20.8 Å². The number of aryl methyl sites for hydroxylation is 1. The second-order valence-corrected chi connectivity index (χ2v) is 8.82. The molecule has 2 heterocycles. The molecule has 3 amide bonds. The standard InChI is InChI=1S/C27H30N4O6.C2H6/c1-36-22-10-9-17(14-23(22)37-2)15-29-27(35)25(33)21-8-5-13-31(21)24(32)16-30-26(34)19-11-12-28-20-7-4-3-6-18(19)20;1-2/h3,6,9-12,14,21H,4-5,7-8,13,15-16H2,1-2H3,(H,29,35)(H,30,34);1-2H3. The number of ketones is 1. The molecular weight excluding hydrogens is 500 g/mol. The van der Waals surface area contributed by atoms with Gasteiger partial charge >= 0.3 is 0 Å². The van der Waals surface area contributed by atoms with Gasteiger partial charge in [-0.2, -0.15) is 0 Å². The Hall–Kier alpha value is -4.21. The average molecular weight is 537 g/mol. The minimum absolute atomic E-state index is 0.117. The van der Waals surface area contributed by atoms with Crippen LogP contribution >= 0.6 is 0 Å². The number of carbonyl (C=O) groups excluding carboxylic acids is 4. The molecule has 1 atom stereocenters. The molecule has 0 spiro atoms. The fourth-order valence-electron chi connectivity index (χ4n) is 4.62. The van der Waals surface area contributed by atoms with Gasteiger partial charge in [0, 0.05) is 36.1 Å². The van der Waals surface area contributed by atoms with Crippen molar-refractivity contribution >= 4 is 29.6 Å². The smallest absolute Gasteiger partial charge is 0.289 e. The third-order valence-corrected chi connectivity index (χ3v) is 6.55. The van der Waals surface area contributed by atoms with E-state index in [1.165, 1.54) is 19.1 Å². The number of fused-ring (bicyclic) bond motifs is 1. The number of hydrogen-bond donors (Lipinski definition) is 2. The topological polar surface area (TPSA) is 127 Å². The van der Waals surface area contributed by atoms with Gasteiger partial charge in [-0.25, -0.2) is 0 Å². The van der Waals surface area contributed by atoms with E-state index in [1.807, 2.05) is 26.0 Å². The van der Waals surface area contributed by atoms with E-state index < -0.39 is 23.6 Å². The molecule has 0 radical (unpaired) electrons. The number of likely N-dealkylation sites (tertiary alicyclic amines) is 1. The summed E-state index contributed by atoms with van der Waals surface area (Å²) in [7, 11) is 3.04. The number of methoxy groups -OCH3 is 2. The van der Waals surface area contributed by atoms with Gasteiger partial charge in [0.1, 0.15) is 6.04 Å². The minimum atomic E-state index is -0.855. The van der Waals surface area contributed by atoms with E-state index in [1.54, 1.807) is 30.5 Å². The van der Waals surface area contributed by atoms with Crippen molar-refractivity contribution in [1.82, 2.24) is 20.5 Å². The molecule has 1 unspecified atom stereocenters. The lowest BCUT2D eigenvalue weighted by Gasteiger charge is -2.23. The Labute approximate surface area is 228 Å². The zero-order valence-corrected chi connectivity index (χ0v) is 22.9. The zero-order chi connectivity index (χ0) is 28.4. The van der Waals surface area contributed by atoms with Gasteiger partial charge < -0.3 is 25.0 Å². The summed E-state index contributed by atoms with van der Waals surface area (Å²) in [5, 5.41) is 5.28. The highest BCUT2D eigenvalue weighted by molar-refractivity contribution is 6.38. The number of pyridine rings is 1. The van der Waals surface area contributed by atoms with Crippen molar-refractivity contribution in [2.24, 2.45) is 0 Å². The Morgan fingerprint density at radius 3 is 2.56 bits per heavy atom. The van der Waals surface area contributed by atoms with Gasteiger partial charge in [-0.05, 0) is 49.4 Å². The van der Waals surface area contributed by atoms with Crippen molar-refractivity contribution < 1.29 is 28.7 Å². The summed E-state index contributed by atoms with van der Waals surface area (Å²) in [6.07, 6.45) is 8.07. The second-order valence-electron chi connectivity index (χ2n) is 8.82. The molecule has 1 aliphatic carbocycles. The molecule has 2 aliphatic rings. The van der Waals surface area contributed by atoms with Crippen molar-refractivity contribution in [3.63, 3.8) is 0 Å². The van der Waals surface area contributed by atoms with Gasteiger partial charge in [0.2, 0.25) is 11.7 Å². The number of nitrogens with zero attached hydrogens (tertiary/aromatic N) is 2. The first-order valence-electron chi connectivity index (χ1n) is 13.2. The number of rotatable bonds is 9. The molecule has 1 fully saturated rings. The first-order chi connectivity index (χ1) is 18.9. The number of nitrogens with one attached hydrogen (secondary N) is 2. The lowest BCUT2D eigenvalue weighted by molar-refractivity contribution is -0.144. The van der Waals surface area contributed by atoms with Crippen LogP contribution in [-0.4, -0.2) is 66.7 Å². The molecule has 0 bridgehead atoms. The van der Waals surface area contributed by atoms with Crippen LogP contribution in [0.2, 0.25) is 0 Å². The predicted molar refractivity (Wildman–Crippen MR) is 146 cm³/mol. The molecule has 10 heteroatoms. The van der Waals surface area contributed by atoms with Crippen molar-refractivity contribution in [3.8, 4) is 11.5 Å². The Balaban J connectivity index is 0.00000205. The maximum absolute atomic E-state index is 12.9. The lowest BCUT2D eigenvalue weighted by atomic mass is 9.98. The highest BCUT2D eigenvalue weighted by Crippen LogP contribution is 2.27. The Morgan fingerprint density at radius 1 is 1.05 bits per heavy atom. The van der Waals surface area contributed by atoms with Gasteiger partial charge in [0.25, 0.3) is 11.8 Å². The predicted octanol–water partition coefficient (Wildman–Crippen LogP) is 2.69. The maximum atomic E-state index is 12.9. The van der Waals surface area contributed by atoms with Crippen LogP contribution in [0.1, 0.15) is 60.3 Å². The van der Waals surface area contributed by atoms with E-state index in [0.29, 0.717) is 36.4 Å². The Bertz CT molecular complexity index is 1240. The molecule has 208 valence electrons. The molecule has 1 aromatic heterocycles. The molecular formula is C29H36N4O6. The molecule has 0 saturated carbocycles. The quantitative estimate of drug-likeness (QED) is 0.472. The van der Waals surface area contributed by atoms with Gasteiger partial charge in [0.15, 0.2) is 11.5 Å². The van der Waals surface area contributed by atoms with Gasteiger partial charge in [-0.1, -0.05) is 32.1 Å². The first-order valence-corrected chi connectivity index (χ1v) is 13.2. The zero-order valence-electron chi connectivity index (χ0n) is 22.9. The SMILES string of the molecule is CC.COc1ccc(CNC(=O)C(=O)C2CCCN2C(=O)CNC(=O)c2ccnc3c2C=CCC3)cc1OC. The summed E-state index contributed by atoms with van der Waals surface area (Å²) in [4.78, 5) is 56.8. The normalized spacial score (nSPS) is 15.4. The summed E-state index contributed by atoms with van der Waals surface area (Å²) in [6.45, 7) is 4.20. The number of hydrogen-bond acceptors (Lipinski definition) is 7. The third-order valence-electron chi connectivity index (χ3n) is 6.55. The fourth-order valence-corrected chi connectivity index (χ4v) is 4.62. The van der Waals surface area contributed by atoms with E-state index in [4.69, 9.17) is 9.47 Å². The van der Waals surface area contributed by atoms with Crippen LogP contribution in [0.3, 0.4) is 0 Å². The lowest BCUT2D eigenvalue weighted by Crippen LogP contribution is -2.49. The number of carbonyl (C=O) groups is 4. The molecule has 4 rings (SSSR count). The number of Topliss-reactive ketones (excluding diaryl/α,β-unsaturated/α-hetero) is 1. The van der Waals surface area contributed by atoms with E-state index in [0.717, 1.165) is 29.7 Å². The third kappa shape index (κ3) is 7.01. The summed E-state index contributed by atoms with van der Waals surface area (Å²) < 4.78 is 10.5. The first kappa shape index (κ1) is 29.3. The van der Waals surface area contributed by atoms with Crippen molar-refractivity contribution in [3.05, 3.63) is 58.9 Å². The van der Waals surface area contributed by atoms with E-state index >= 15 is 0 Å². The van der Waals surface area contributed by atoms with Crippen molar-refractivity contribution in [2.45, 2.75) is 52.1 Å². The van der Waals surface area contributed by atoms with Gasteiger partial charge in [-0.3, -0.25) is 24.2 Å². The molecule has 2 N–H and O–H groups in total. The second kappa shape index (κ2) is 14.1. The van der Waals surface area contributed by atoms with Crippen LogP contribution in [0.4, 0.5) is 0 Å². The van der Waals surface area contributed by atoms with Crippen LogP contribution in [0.25, 0.3) is 6.08 Å². The largest absolute Gasteiger partial charge is 0.493 e. The molecule has 1 saturated heterocycles. The highest BCUT2D eigenvalue weighted by Gasteiger charge is 2.37. The summed E-state index contributed by atoms with van der Waals surface area (Å²) >= 11 is 0. The Morgan fingerprint density at radius 2 is 1.82 bits per heavy atom. The van der Waals surface area contributed by atoms with Gasteiger partial charge in [-0.15, -0.1) is 0 Å². The number of allylic oxidation sites excluding steroid dienone is 1. The molecule has 2 aromatic rings. The average Bonchev–Trinajstić information content (AvgIpc) is 3.48. The summed E-state index contributed by atoms with van der Waals surface area (Å²) in [5.41, 5.74) is 2.80. The number of aromatic nitrogens is 1. The summed E-state index contributed by atoms with van der Waals surface area (Å²) in [6, 6.07) is 5.96. The number of benzene rings is 1. The van der Waals surface area contributed by atoms with Crippen LogP contribution in [0.15, 0.2) is 36.5 Å². The monoisotopic (exact) mass is 536 g/mol. The van der Waals surface area contributed by atoms with Crippen LogP contribution in [0.5, 0.6) is 11.5 Å². The van der Waals surface area contributed by atoms with E-state index in [9.17, 15) is 19.2 Å². The molecule has 1 aromatic carbocycles. The molecule has 1 aliphatic heterocycles.